The third kappa shape index (κ3) is 7.02. The van der Waals surface area contributed by atoms with Gasteiger partial charge in [0, 0.05) is 32.1 Å². The molecule has 108 valence electrons. The van der Waals surface area contributed by atoms with Crippen LogP contribution < -0.4 is 11.3 Å². The number of nitrogens with one attached hydrogen (secondary N) is 1. The van der Waals surface area contributed by atoms with Crippen LogP contribution in [0.4, 0.5) is 5.82 Å². The topological polar surface area (TPSA) is 91.5 Å². The van der Waals surface area contributed by atoms with Gasteiger partial charge in [0.05, 0.1) is 13.2 Å². The van der Waals surface area contributed by atoms with Crippen molar-refractivity contribution >= 4 is 5.82 Å². The summed E-state index contributed by atoms with van der Waals surface area (Å²) in [5.41, 5.74) is 3.35. The lowest BCUT2D eigenvalue weighted by molar-refractivity contribution is 0.0472. The highest BCUT2D eigenvalue weighted by molar-refractivity contribution is 5.33. The average Bonchev–Trinajstić information content (AvgIpc) is 2.41. The molecule has 0 spiro atoms. The first kappa shape index (κ1) is 15.8. The SMILES string of the molecule is COCCOCCCOCc1nc(C)cc(NN)n1. The molecule has 0 atom stereocenters. The second-order valence-electron chi connectivity index (χ2n) is 3.97. The van der Waals surface area contributed by atoms with E-state index in [1.807, 2.05) is 6.92 Å². The Balaban J connectivity index is 2.13. The van der Waals surface area contributed by atoms with Crippen LogP contribution >= 0.6 is 0 Å². The van der Waals surface area contributed by atoms with E-state index in [4.69, 9.17) is 20.1 Å². The van der Waals surface area contributed by atoms with E-state index in [0.29, 0.717) is 44.7 Å². The third-order valence-corrected chi connectivity index (χ3v) is 2.29. The van der Waals surface area contributed by atoms with Crippen molar-refractivity contribution in [3.8, 4) is 0 Å². The lowest BCUT2D eigenvalue weighted by Gasteiger charge is -2.07. The van der Waals surface area contributed by atoms with E-state index in [9.17, 15) is 0 Å². The Kier molecular flexibility index (Phi) is 7.99. The second-order valence-corrected chi connectivity index (χ2v) is 3.97. The molecule has 1 aromatic heterocycles. The molecule has 1 aromatic rings. The zero-order chi connectivity index (χ0) is 13.9. The van der Waals surface area contributed by atoms with Crippen LogP contribution in [0.2, 0.25) is 0 Å². The fourth-order valence-electron chi connectivity index (χ4n) is 1.44. The predicted octanol–water partition coefficient (Wildman–Crippen LogP) is 0.640. The third-order valence-electron chi connectivity index (χ3n) is 2.29. The van der Waals surface area contributed by atoms with E-state index in [1.54, 1.807) is 13.2 Å². The molecule has 0 unspecified atom stereocenters. The molecule has 0 bridgehead atoms. The number of hydrazine groups is 1. The number of aryl methyl sites for hydroxylation is 1. The molecule has 0 aliphatic carbocycles. The van der Waals surface area contributed by atoms with E-state index in [1.165, 1.54) is 0 Å². The summed E-state index contributed by atoms with van der Waals surface area (Å²) in [7, 11) is 1.65. The molecule has 0 saturated carbocycles. The van der Waals surface area contributed by atoms with Gasteiger partial charge in [-0.2, -0.15) is 0 Å². The first-order chi connectivity index (χ1) is 9.26. The highest BCUT2D eigenvalue weighted by Gasteiger charge is 2.01. The van der Waals surface area contributed by atoms with Gasteiger partial charge in [0.2, 0.25) is 0 Å². The van der Waals surface area contributed by atoms with Gasteiger partial charge in [0.15, 0.2) is 5.82 Å². The molecule has 0 fully saturated rings. The number of aromatic nitrogens is 2. The molecule has 0 aromatic carbocycles. The van der Waals surface area contributed by atoms with Crippen molar-refractivity contribution in [2.24, 2.45) is 5.84 Å². The van der Waals surface area contributed by atoms with Gasteiger partial charge < -0.3 is 19.6 Å². The number of ether oxygens (including phenoxy) is 3. The lowest BCUT2D eigenvalue weighted by Crippen LogP contribution is -2.12. The fraction of sp³-hybridized carbons (Fsp3) is 0.667. The van der Waals surface area contributed by atoms with Crippen molar-refractivity contribution in [1.82, 2.24) is 9.97 Å². The maximum atomic E-state index is 5.48. The lowest BCUT2D eigenvalue weighted by atomic mass is 10.4. The van der Waals surface area contributed by atoms with Crippen molar-refractivity contribution in [3.05, 3.63) is 17.6 Å². The molecule has 7 heteroatoms. The summed E-state index contributed by atoms with van der Waals surface area (Å²) in [6.45, 7) is 4.75. The van der Waals surface area contributed by atoms with Crippen LogP contribution in [0.5, 0.6) is 0 Å². The number of hydrogen-bond acceptors (Lipinski definition) is 7. The van der Waals surface area contributed by atoms with Crippen LogP contribution in [0.3, 0.4) is 0 Å². The Bertz CT molecular complexity index is 363. The van der Waals surface area contributed by atoms with E-state index >= 15 is 0 Å². The van der Waals surface area contributed by atoms with Gasteiger partial charge in [-0.25, -0.2) is 15.8 Å². The molecular formula is C12H22N4O3. The molecular weight excluding hydrogens is 248 g/mol. The number of nitrogen functional groups attached to an aromatic ring is 1. The predicted molar refractivity (Wildman–Crippen MR) is 71.5 cm³/mol. The largest absolute Gasteiger partial charge is 0.382 e. The van der Waals surface area contributed by atoms with Gasteiger partial charge in [0.1, 0.15) is 12.4 Å². The summed E-state index contributed by atoms with van der Waals surface area (Å²) in [5, 5.41) is 0. The Morgan fingerprint density at radius 3 is 2.68 bits per heavy atom. The van der Waals surface area contributed by atoms with Crippen LogP contribution in [0, 0.1) is 6.92 Å². The number of rotatable bonds is 10. The maximum absolute atomic E-state index is 5.48. The fourth-order valence-corrected chi connectivity index (χ4v) is 1.44. The maximum Gasteiger partial charge on any atom is 0.156 e. The van der Waals surface area contributed by atoms with Gasteiger partial charge in [0.25, 0.3) is 0 Å². The number of methoxy groups -OCH3 is 1. The van der Waals surface area contributed by atoms with E-state index < -0.39 is 0 Å². The summed E-state index contributed by atoms with van der Waals surface area (Å²) in [4.78, 5) is 8.45. The Hall–Kier alpha value is -1.28. The normalized spacial score (nSPS) is 10.7. The van der Waals surface area contributed by atoms with Gasteiger partial charge in [-0.15, -0.1) is 0 Å². The standard InChI is InChI=1S/C12H22N4O3/c1-10-8-11(16-13)15-12(14-10)9-19-5-3-4-18-7-6-17-2/h8H,3-7,9,13H2,1-2H3,(H,14,15,16). The molecule has 7 nitrogen and oxygen atoms in total. The summed E-state index contributed by atoms with van der Waals surface area (Å²) in [6.07, 6.45) is 0.831. The molecule has 19 heavy (non-hydrogen) atoms. The average molecular weight is 270 g/mol. The zero-order valence-electron chi connectivity index (χ0n) is 11.5. The van der Waals surface area contributed by atoms with Crippen molar-refractivity contribution < 1.29 is 14.2 Å². The Labute approximate surface area is 113 Å². The molecule has 0 saturated heterocycles. The van der Waals surface area contributed by atoms with Crippen LogP contribution in [-0.2, 0) is 20.8 Å². The van der Waals surface area contributed by atoms with Gasteiger partial charge in [-0.3, -0.25) is 0 Å². The summed E-state index contributed by atoms with van der Waals surface area (Å²) >= 11 is 0. The van der Waals surface area contributed by atoms with Gasteiger partial charge >= 0.3 is 0 Å². The zero-order valence-corrected chi connectivity index (χ0v) is 11.5. The van der Waals surface area contributed by atoms with Crippen LogP contribution in [0.1, 0.15) is 17.9 Å². The van der Waals surface area contributed by atoms with Crippen molar-refractivity contribution in [2.75, 3.05) is 39.0 Å². The highest BCUT2D eigenvalue weighted by atomic mass is 16.5. The molecule has 1 heterocycles. The Morgan fingerprint density at radius 1 is 1.16 bits per heavy atom. The smallest absolute Gasteiger partial charge is 0.156 e. The minimum atomic E-state index is 0.369. The molecule has 0 amide bonds. The quantitative estimate of drug-likeness (QED) is 0.366. The summed E-state index contributed by atoms with van der Waals surface area (Å²) < 4.78 is 15.7. The molecule has 3 N–H and O–H groups in total. The monoisotopic (exact) mass is 270 g/mol. The summed E-state index contributed by atoms with van der Waals surface area (Å²) in [6, 6.07) is 1.77. The van der Waals surface area contributed by atoms with E-state index in [2.05, 4.69) is 15.4 Å². The highest BCUT2D eigenvalue weighted by Crippen LogP contribution is 2.05. The van der Waals surface area contributed by atoms with Crippen molar-refractivity contribution in [1.29, 1.82) is 0 Å². The van der Waals surface area contributed by atoms with Crippen molar-refractivity contribution in [3.63, 3.8) is 0 Å². The van der Waals surface area contributed by atoms with Crippen LogP contribution in [0.15, 0.2) is 6.07 Å². The Morgan fingerprint density at radius 2 is 1.95 bits per heavy atom. The number of nitrogens with zero attached hydrogens (tertiary/aromatic N) is 2. The van der Waals surface area contributed by atoms with E-state index in [0.717, 1.165) is 12.1 Å². The molecule has 0 aliphatic heterocycles. The van der Waals surface area contributed by atoms with Gasteiger partial charge in [-0.1, -0.05) is 0 Å². The first-order valence-corrected chi connectivity index (χ1v) is 6.22. The van der Waals surface area contributed by atoms with E-state index in [-0.39, 0.29) is 0 Å². The minimum Gasteiger partial charge on any atom is -0.382 e. The summed E-state index contributed by atoms with van der Waals surface area (Å²) in [5.74, 6) is 6.52. The number of hydrogen-bond donors (Lipinski definition) is 2. The molecule has 1 rings (SSSR count). The number of anilines is 1. The molecule has 0 aliphatic rings. The number of nitrogens with two attached hydrogens (primary N) is 1. The second kappa shape index (κ2) is 9.62. The first-order valence-electron chi connectivity index (χ1n) is 6.22. The van der Waals surface area contributed by atoms with Crippen LogP contribution in [-0.4, -0.2) is 43.5 Å². The van der Waals surface area contributed by atoms with Crippen LogP contribution in [0.25, 0.3) is 0 Å². The van der Waals surface area contributed by atoms with Crippen molar-refractivity contribution in [2.45, 2.75) is 20.0 Å². The minimum absolute atomic E-state index is 0.369. The molecule has 0 radical (unpaired) electrons. The van der Waals surface area contributed by atoms with Gasteiger partial charge in [-0.05, 0) is 13.3 Å².